The Labute approximate surface area is 188 Å². The maximum absolute atomic E-state index is 6.13. The molecule has 27 heavy (non-hydrogen) atoms. The number of benzene rings is 3. The van der Waals surface area contributed by atoms with Crippen LogP contribution in [-0.4, -0.2) is 11.0 Å². The number of rotatable bonds is 6. The second-order valence-corrected chi connectivity index (χ2v) is 8.87. The van der Waals surface area contributed by atoms with E-state index >= 15 is 0 Å². The highest BCUT2D eigenvalue weighted by molar-refractivity contribution is 14.1. The van der Waals surface area contributed by atoms with Crippen LogP contribution in [0.2, 0.25) is 0 Å². The molecule has 0 spiro atoms. The zero-order valence-corrected chi connectivity index (χ0v) is 19.3. The van der Waals surface area contributed by atoms with E-state index in [0.717, 1.165) is 23.3 Å². The lowest BCUT2D eigenvalue weighted by molar-refractivity contribution is 0.306. The summed E-state index contributed by atoms with van der Waals surface area (Å²) in [6, 6.07) is 25.5. The first-order chi connectivity index (χ1) is 13.2. The molecule has 0 N–H and O–H groups in total. The molecule has 1 heterocycles. The van der Waals surface area contributed by atoms with Crippen molar-refractivity contribution in [2.45, 2.75) is 19.1 Å². The Hall–Kier alpha value is -1.28. The van der Waals surface area contributed by atoms with E-state index in [1.165, 1.54) is 25.9 Å². The number of hydrogen-bond donors (Lipinski definition) is 0. The highest BCUT2D eigenvalue weighted by Crippen LogP contribution is 2.43. The van der Waals surface area contributed by atoms with Gasteiger partial charge in [-0.3, -0.25) is 0 Å². The molecule has 0 amide bonds. The van der Waals surface area contributed by atoms with Crippen molar-refractivity contribution in [3.05, 3.63) is 93.1 Å². The molecule has 1 atom stereocenters. The minimum Gasteiger partial charge on any atom is -0.489 e. The van der Waals surface area contributed by atoms with E-state index in [-0.39, 0.29) is 0 Å². The van der Waals surface area contributed by atoms with Crippen molar-refractivity contribution < 1.29 is 4.74 Å². The number of halogens is 2. The van der Waals surface area contributed by atoms with Crippen LogP contribution in [0.5, 0.6) is 5.75 Å². The van der Waals surface area contributed by atoms with Gasteiger partial charge in [0.15, 0.2) is 0 Å². The van der Waals surface area contributed by atoms with Gasteiger partial charge in [-0.1, -0.05) is 83.3 Å². The highest BCUT2D eigenvalue weighted by Gasteiger charge is 2.30. The van der Waals surface area contributed by atoms with E-state index in [2.05, 4.69) is 117 Å². The van der Waals surface area contributed by atoms with Gasteiger partial charge in [0, 0.05) is 38.8 Å². The van der Waals surface area contributed by atoms with Gasteiger partial charge in [-0.25, -0.2) is 0 Å². The molecule has 4 rings (SSSR count). The van der Waals surface area contributed by atoms with Gasteiger partial charge in [0.05, 0.1) is 0 Å². The van der Waals surface area contributed by atoms with Crippen molar-refractivity contribution in [2.75, 3.05) is 15.9 Å². The van der Waals surface area contributed by atoms with Crippen LogP contribution in [0, 0.1) is 3.57 Å². The average molecular weight is 581 g/mol. The van der Waals surface area contributed by atoms with Gasteiger partial charge < -0.3 is 9.64 Å². The van der Waals surface area contributed by atoms with Crippen LogP contribution >= 0.6 is 45.2 Å². The summed E-state index contributed by atoms with van der Waals surface area (Å²) >= 11 is 4.99. The third-order valence-corrected chi connectivity index (χ3v) is 6.88. The number of fused-ring (bicyclic) bond motifs is 1. The van der Waals surface area contributed by atoms with E-state index in [1.807, 2.05) is 6.07 Å². The summed E-state index contributed by atoms with van der Waals surface area (Å²) in [4.78, 5) is 2.51. The summed E-state index contributed by atoms with van der Waals surface area (Å²) in [6.45, 7) is 2.62. The topological polar surface area (TPSA) is 12.5 Å². The SMILES string of the molecule is IC[C@@H]1CN(Cc2ccccc2)c2cc(OCc3ccccc3)cc(I)c21. The van der Waals surface area contributed by atoms with E-state index in [0.29, 0.717) is 12.5 Å². The molecule has 1 aliphatic heterocycles. The molecule has 0 saturated heterocycles. The minimum absolute atomic E-state index is 0.583. The largest absolute Gasteiger partial charge is 0.489 e. The van der Waals surface area contributed by atoms with E-state index in [9.17, 15) is 0 Å². The standard InChI is InChI=1S/C23H21I2NO/c24-13-19-15-26(14-17-7-3-1-4-8-17)22-12-20(11-21(25)23(19)22)27-16-18-9-5-2-6-10-18/h1-12,19H,13-16H2/t19-/m1/s1. The van der Waals surface area contributed by atoms with E-state index < -0.39 is 0 Å². The molecule has 0 unspecified atom stereocenters. The summed E-state index contributed by atoms with van der Waals surface area (Å²) in [5.41, 5.74) is 5.35. The molecule has 0 saturated carbocycles. The minimum atomic E-state index is 0.583. The lowest BCUT2D eigenvalue weighted by Crippen LogP contribution is -2.21. The van der Waals surface area contributed by atoms with E-state index in [4.69, 9.17) is 4.74 Å². The number of ether oxygens (including phenoxy) is 1. The number of hydrogen-bond acceptors (Lipinski definition) is 2. The summed E-state index contributed by atoms with van der Waals surface area (Å²) in [7, 11) is 0. The normalized spacial score (nSPS) is 15.6. The van der Waals surface area contributed by atoms with Crippen LogP contribution < -0.4 is 9.64 Å². The summed E-state index contributed by atoms with van der Waals surface area (Å²) in [5.74, 6) is 1.54. The molecule has 0 bridgehead atoms. The van der Waals surface area contributed by atoms with Gasteiger partial charge in [-0.15, -0.1) is 0 Å². The van der Waals surface area contributed by atoms with Crippen LogP contribution in [0.3, 0.4) is 0 Å². The Morgan fingerprint density at radius 2 is 1.59 bits per heavy atom. The van der Waals surface area contributed by atoms with Gasteiger partial charge in [-0.2, -0.15) is 0 Å². The molecule has 138 valence electrons. The van der Waals surface area contributed by atoms with E-state index in [1.54, 1.807) is 0 Å². The Balaban J connectivity index is 1.60. The monoisotopic (exact) mass is 581 g/mol. The second-order valence-electron chi connectivity index (χ2n) is 6.83. The number of alkyl halides is 1. The van der Waals surface area contributed by atoms with Crippen molar-refractivity contribution in [1.29, 1.82) is 0 Å². The molecular formula is C23H21I2NO. The molecule has 1 aliphatic rings. The van der Waals surface area contributed by atoms with Crippen LogP contribution in [0.15, 0.2) is 72.8 Å². The number of nitrogens with zero attached hydrogens (tertiary/aromatic N) is 1. The van der Waals surface area contributed by atoms with Crippen molar-refractivity contribution in [1.82, 2.24) is 0 Å². The van der Waals surface area contributed by atoms with Crippen LogP contribution in [0.1, 0.15) is 22.6 Å². The molecule has 2 nitrogen and oxygen atoms in total. The van der Waals surface area contributed by atoms with Gasteiger partial charge in [0.2, 0.25) is 0 Å². The van der Waals surface area contributed by atoms with Crippen LogP contribution in [-0.2, 0) is 13.2 Å². The number of anilines is 1. The molecule has 0 radical (unpaired) electrons. The quantitative estimate of drug-likeness (QED) is 0.247. The van der Waals surface area contributed by atoms with Gasteiger partial charge in [0.25, 0.3) is 0 Å². The Morgan fingerprint density at radius 3 is 2.26 bits per heavy atom. The van der Waals surface area contributed by atoms with Crippen molar-refractivity contribution >= 4 is 50.9 Å². The Kier molecular flexibility index (Phi) is 6.22. The second kappa shape index (κ2) is 8.82. The molecule has 0 aliphatic carbocycles. The van der Waals surface area contributed by atoms with Crippen LogP contribution in [0.4, 0.5) is 5.69 Å². The smallest absolute Gasteiger partial charge is 0.122 e. The fraction of sp³-hybridized carbons (Fsp3) is 0.217. The fourth-order valence-corrected chi connectivity index (χ4v) is 5.35. The first kappa shape index (κ1) is 19.1. The maximum atomic E-state index is 6.13. The molecular weight excluding hydrogens is 560 g/mol. The first-order valence-electron chi connectivity index (χ1n) is 9.09. The zero-order valence-electron chi connectivity index (χ0n) is 14.9. The molecule has 3 aromatic carbocycles. The van der Waals surface area contributed by atoms with Gasteiger partial charge in [0.1, 0.15) is 12.4 Å². The lowest BCUT2D eigenvalue weighted by atomic mass is 10.0. The highest BCUT2D eigenvalue weighted by atomic mass is 127. The third kappa shape index (κ3) is 4.42. The van der Waals surface area contributed by atoms with Gasteiger partial charge >= 0.3 is 0 Å². The van der Waals surface area contributed by atoms with Crippen molar-refractivity contribution in [3.63, 3.8) is 0 Å². The van der Waals surface area contributed by atoms with Crippen molar-refractivity contribution in [3.8, 4) is 5.75 Å². The molecule has 0 aromatic heterocycles. The molecule has 3 aromatic rings. The lowest BCUT2D eigenvalue weighted by Gasteiger charge is -2.21. The molecule has 4 heteroatoms. The average Bonchev–Trinajstić information content (AvgIpc) is 3.06. The summed E-state index contributed by atoms with van der Waals surface area (Å²) in [6.07, 6.45) is 0. The van der Waals surface area contributed by atoms with Gasteiger partial charge in [-0.05, 0) is 45.3 Å². The van der Waals surface area contributed by atoms with Crippen LogP contribution in [0.25, 0.3) is 0 Å². The molecule has 0 fully saturated rings. The maximum Gasteiger partial charge on any atom is 0.122 e. The predicted molar refractivity (Wildman–Crippen MR) is 129 cm³/mol. The first-order valence-corrected chi connectivity index (χ1v) is 11.7. The Morgan fingerprint density at radius 1 is 0.926 bits per heavy atom. The zero-order chi connectivity index (χ0) is 18.6. The predicted octanol–water partition coefficient (Wildman–Crippen LogP) is 6.41. The third-order valence-electron chi connectivity index (χ3n) is 4.92. The summed E-state index contributed by atoms with van der Waals surface area (Å²) < 4.78 is 8.58. The Bertz CT molecular complexity index is 899. The summed E-state index contributed by atoms with van der Waals surface area (Å²) in [5, 5.41) is 0. The van der Waals surface area contributed by atoms with Crippen molar-refractivity contribution in [2.24, 2.45) is 0 Å². The fourth-order valence-electron chi connectivity index (χ4n) is 3.60.